The number of carboxylic acids is 1. The molecule has 1 N–H and O–H groups in total. The fraction of sp³-hybridized carbons (Fsp3) is 0.471. The van der Waals surface area contributed by atoms with Crippen LogP contribution in [-0.2, 0) is 17.9 Å². The first-order chi connectivity index (χ1) is 11.2. The van der Waals surface area contributed by atoms with Crippen molar-refractivity contribution < 1.29 is 9.90 Å². The summed E-state index contributed by atoms with van der Waals surface area (Å²) in [5.74, 6) is -0.159. The Morgan fingerprint density at radius 1 is 1.26 bits per heavy atom. The van der Waals surface area contributed by atoms with Gasteiger partial charge in [0, 0.05) is 30.7 Å². The monoisotopic (exact) mass is 314 g/mol. The van der Waals surface area contributed by atoms with Crippen LogP contribution < -0.4 is 0 Å². The van der Waals surface area contributed by atoms with E-state index in [9.17, 15) is 4.79 Å². The molecule has 1 aliphatic rings. The van der Waals surface area contributed by atoms with E-state index >= 15 is 0 Å². The number of hydrogen-bond donors (Lipinski definition) is 1. The van der Waals surface area contributed by atoms with Crippen LogP contribution in [-0.4, -0.2) is 43.8 Å². The molecule has 0 aromatic carbocycles. The van der Waals surface area contributed by atoms with Crippen LogP contribution in [0.5, 0.6) is 0 Å². The van der Waals surface area contributed by atoms with Gasteiger partial charge in [0.25, 0.3) is 0 Å². The van der Waals surface area contributed by atoms with Gasteiger partial charge in [-0.2, -0.15) is 5.10 Å². The van der Waals surface area contributed by atoms with Gasteiger partial charge >= 0.3 is 5.97 Å². The average molecular weight is 314 g/mol. The van der Waals surface area contributed by atoms with Crippen molar-refractivity contribution >= 4 is 5.97 Å². The summed E-state index contributed by atoms with van der Waals surface area (Å²) in [4.78, 5) is 17.1. The lowest BCUT2D eigenvalue weighted by atomic mass is 9.90. The fourth-order valence-corrected chi connectivity index (χ4v) is 3.14. The van der Waals surface area contributed by atoms with E-state index in [1.54, 1.807) is 4.68 Å². The summed E-state index contributed by atoms with van der Waals surface area (Å²) in [6.07, 6.45) is 9.97. The van der Waals surface area contributed by atoms with E-state index in [0.717, 1.165) is 38.0 Å². The minimum Gasteiger partial charge on any atom is -0.481 e. The Kier molecular flexibility index (Phi) is 5.02. The van der Waals surface area contributed by atoms with Gasteiger partial charge in [-0.25, -0.2) is 0 Å². The number of nitrogens with zero attached hydrogens (tertiary/aromatic N) is 4. The zero-order valence-corrected chi connectivity index (χ0v) is 13.1. The predicted octanol–water partition coefficient (Wildman–Crippen LogP) is 2.13. The standard InChI is InChI=1S/C17H22N4O2/c22-17(23)5-10-21-13-14(11-19-21)12-20-8-3-16(4-9-20)15-1-6-18-7-2-15/h1-2,6-7,11,13,16H,3-5,8-10,12H2,(H,22,23). The maximum atomic E-state index is 10.6. The second-order valence-electron chi connectivity index (χ2n) is 6.09. The molecule has 6 nitrogen and oxygen atoms in total. The van der Waals surface area contributed by atoms with Gasteiger partial charge in [0.05, 0.1) is 19.2 Å². The molecule has 0 spiro atoms. The Morgan fingerprint density at radius 3 is 2.70 bits per heavy atom. The van der Waals surface area contributed by atoms with Gasteiger partial charge in [-0.15, -0.1) is 0 Å². The van der Waals surface area contributed by atoms with Gasteiger partial charge in [0.15, 0.2) is 0 Å². The lowest BCUT2D eigenvalue weighted by molar-refractivity contribution is -0.137. The Morgan fingerprint density at radius 2 is 2.00 bits per heavy atom. The lowest BCUT2D eigenvalue weighted by Gasteiger charge is -2.31. The van der Waals surface area contributed by atoms with Crippen molar-refractivity contribution in [1.29, 1.82) is 0 Å². The summed E-state index contributed by atoms with van der Waals surface area (Å²) in [5.41, 5.74) is 2.54. The molecular weight excluding hydrogens is 292 g/mol. The molecule has 122 valence electrons. The highest BCUT2D eigenvalue weighted by Gasteiger charge is 2.20. The number of aliphatic carboxylic acids is 1. The number of hydrogen-bond acceptors (Lipinski definition) is 4. The van der Waals surface area contributed by atoms with Gasteiger partial charge in [-0.05, 0) is 49.5 Å². The van der Waals surface area contributed by atoms with Crippen LogP contribution in [0.1, 0.15) is 36.3 Å². The summed E-state index contributed by atoms with van der Waals surface area (Å²) >= 11 is 0. The normalized spacial score (nSPS) is 16.5. The second kappa shape index (κ2) is 7.37. The molecule has 2 aromatic heterocycles. The van der Waals surface area contributed by atoms with Gasteiger partial charge in [-0.1, -0.05) is 0 Å². The van der Waals surface area contributed by atoms with Crippen molar-refractivity contribution in [3.05, 3.63) is 48.0 Å². The molecule has 0 amide bonds. The molecule has 0 atom stereocenters. The quantitative estimate of drug-likeness (QED) is 0.884. The highest BCUT2D eigenvalue weighted by atomic mass is 16.4. The summed E-state index contributed by atoms with van der Waals surface area (Å²) in [6.45, 7) is 3.47. The first-order valence-corrected chi connectivity index (χ1v) is 8.06. The van der Waals surface area contributed by atoms with Gasteiger partial charge in [-0.3, -0.25) is 19.4 Å². The largest absolute Gasteiger partial charge is 0.481 e. The zero-order chi connectivity index (χ0) is 16.1. The molecule has 1 aliphatic heterocycles. The molecular formula is C17H22N4O2. The number of pyridine rings is 1. The number of aryl methyl sites for hydroxylation is 1. The molecule has 3 heterocycles. The molecule has 1 saturated heterocycles. The molecule has 23 heavy (non-hydrogen) atoms. The van der Waals surface area contributed by atoms with Crippen molar-refractivity contribution in [1.82, 2.24) is 19.7 Å². The molecule has 0 saturated carbocycles. The SMILES string of the molecule is O=C(O)CCn1cc(CN2CCC(c3ccncc3)CC2)cn1. The maximum absolute atomic E-state index is 10.6. The van der Waals surface area contributed by atoms with E-state index in [1.165, 1.54) is 5.56 Å². The first kappa shape index (κ1) is 15.7. The van der Waals surface area contributed by atoms with Crippen LogP contribution in [0.25, 0.3) is 0 Å². The minimum atomic E-state index is -0.791. The third-order valence-corrected chi connectivity index (χ3v) is 4.41. The Labute approximate surface area is 135 Å². The first-order valence-electron chi connectivity index (χ1n) is 8.06. The van der Waals surface area contributed by atoms with Crippen LogP contribution in [0.15, 0.2) is 36.9 Å². The lowest BCUT2D eigenvalue weighted by Crippen LogP contribution is -2.32. The van der Waals surface area contributed by atoms with Crippen molar-refractivity contribution in [2.45, 2.75) is 38.3 Å². The van der Waals surface area contributed by atoms with E-state index in [-0.39, 0.29) is 6.42 Å². The number of carboxylic acid groups (broad SMARTS) is 1. The second-order valence-corrected chi connectivity index (χ2v) is 6.09. The molecule has 2 aromatic rings. The number of likely N-dealkylation sites (tertiary alicyclic amines) is 1. The number of piperidine rings is 1. The zero-order valence-electron chi connectivity index (χ0n) is 13.1. The minimum absolute atomic E-state index is 0.110. The number of aromatic nitrogens is 3. The Bertz CT molecular complexity index is 633. The van der Waals surface area contributed by atoms with E-state index in [0.29, 0.717) is 12.5 Å². The van der Waals surface area contributed by atoms with Crippen LogP contribution >= 0.6 is 0 Å². The number of rotatable bonds is 6. The van der Waals surface area contributed by atoms with Crippen molar-refractivity contribution in [3.8, 4) is 0 Å². The summed E-state index contributed by atoms with van der Waals surface area (Å²) in [7, 11) is 0. The van der Waals surface area contributed by atoms with E-state index in [2.05, 4.69) is 27.1 Å². The fourth-order valence-electron chi connectivity index (χ4n) is 3.14. The smallest absolute Gasteiger partial charge is 0.305 e. The molecule has 3 rings (SSSR count). The maximum Gasteiger partial charge on any atom is 0.305 e. The third kappa shape index (κ3) is 4.39. The van der Waals surface area contributed by atoms with E-state index in [4.69, 9.17) is 5.11 Å². The van der Waals surface area contributed by atoms with Crippen molar-refractivity contribution in [2.24, 2.45) is 0 Å². The molecule has 0 aliphatic carbocycles. The van der Waals surface area contributed by atoms with Crippen LogP contribution in [0, 0.1) is 0 Å². The predicted molar refractivity (Wildman–Crippen MR) is 86.0 cm³/mol. The molecule has 0 radical (unpaired) electrons. The number of carbonyl (C=O) groups is 1. The van der Waals surface area contributed by atoms with E-state index < -0.39 is 5.97 Å². The highest BCUT2D eigenvalue weighted by molar-refractivity contribution is 5.66. The Balaban J connectivity index is 1.48. The van der Waals surface area contributed by atoms with Gasteiger partial charge in [0.1, 0.15) is 0 Å². The molecule has 0 bridgehead atoms. The summed E-state index contributed by atoms with van der Waals surface area (Å²) in [5, 5.41) is 12.9. The van der Waals surface area contributed by atoms with Crippen LogP contribution in [0.4, 0.5) is 0 Å². The van der Waals surface area contributed by atoms with Crippen molar-refractivity contribution in [2.75, 3.05) is 13.1 Å². The molecule has 0 unspecified atom stereocenters. The van der Waals surface area contributed by atoms with Crippen LogP contribution in [0.2, 0.25) is 0 Å². The Hall–Kier alpha value is -2.21. The summed E-state index contributed by atoms with van der Waals surface area (Å²) in [6, 6.07) is 4.24. The van der Waals surface area contributed by atoms with Crippen LogP contribution in [0.3, 0.4) is 0 Å². The topological polar surface area (TPSA) is 71.2 Å². The van der Waals surface area contributed by atoms with Gasteiger partial charge < -0.3 is 5.11 Å². The molecule has 6 heteroatoms. The van der Waals surface area contributed by atoms with E-state index in [1.807, 2.05) is 24.8 Å². The van der Waals surface area contributed by atoms with Gasteiger partial charge in [0.2, 0.25) is 0 Å². The highest BCUT2D eigenvalue weighted by Crippen LogP contribution is 2.28. The average Bonchev–Trinajstić information content (AvgIpc) is 3.02. The summed E-state index contributed by atoms with van der Waals surface area (Å²) < 4.78 is 1.72. The third-order valence-electron chi connectivity index (χ3n) is 4.41. The van der Waals surface area contributed by atoms with Crippen molar-refractivity contribution in [3.63, 3.8) is 0 Å². The molecule has 1 fully saturated rings.